The van der Waals surface area contributed by atoms with Crippen LogP contribution in [0.15, 0.2) is 71.3 Å². The predicted octanol–water partition coefficient (Wildman–Crippen LogP) is 3.71. The van der Waals surface area contributed by atoms with Crippen molar-refractivity contribution in [3.05, 3.63) is 78.3 Å². The Bertz CT molecular complexity index is 980. The summed E-state index contributed by atoms with van der Waals surface area (Å²) in [6.45, 7) is 1.28. The summed E-state index contributed by atoms with van der Waals surface area (Å²) in [6, 6.07) is 16.2. The number of anilines is 2. The zero-order valence-corrected chi connectivity index (χ0v) is 14.4. The third-order valence-electron chi connectivity index (χ3n) is 3.53. The van der Waals surface area contributed by atoms with Gasteiger partial charge in [-0.05, 0) is 42.5 Å². The van der Waals surface area contributed by atoms with Crippen LogP contribution in [0.25, 0.3) is 0 Å². The van der Waals surface area contributed by atoms with Crippen LogP contribution in [0.5, 0.6) is 5.75 Å². The fourth-order valence-electron chi connectivity index (χ4n) is 2.35. The monoisotopic (exact) mass is 364 g/mol. The van der Waals surface area contributed by atoms with Gasteiger partial charge in [-0.2, -0.15) is 0 Å². The summed E-state index contributed by atoms with van der Waals surface area (Å²) in [4.78, 5) is 35.8. The Kier molecular flexibility index (Phi) is 5.32. The van der Waals surface area contributed by atoms with E-state index < -0.39 is 17.8 Å². The summed E-state index contributed by atoms with van der Waals surface area (Å²) in [6.07, 6.45) is 1.40. The normalized spacial score (nSPS) is 10.1. The molecule has 1 aromatic heterocycles. The first kappa shape index (κ1) is 17.9. The number of amides is 2. The van der Waals surface area contributed by atoms with Gasteiger partial charge >= 0.3 is 5.97 Å². The van der Waals surface area contributed by atoms with Gasteiger partial charge in [-0.15, -0.1) is 0 Å². The number of furan rings is 1. The molecule has 2 N–H and O–H groups in total. The SMILES string of the molecule is CC(=O)Oc1cccc(C(=O)Nc2ccccc2NC(=O)c2ccco2)c1. The first-order valence-electron chi connectivity index (χ1n) is 8.06. The van der Waals surface area contributed by atoms with E-state index in [1.165, 1.54) is 25.3 Å². The molecule has 2 amide bonds. The highest BCUT2D eigenvalue weighted by molar-refractivity contribution is 6.09. The maximum Gasteiger partial charge on any atom is 0.308 e. The first-order chi connectivity index (χ1) is 13.0. The van der Waals surface area contributed by atoms with E-state index in [0.717, 1.165) is 0 Å². The number of rotatable bonds is 5. The lowest BCUT2D eigenvalue weighted by atomic mass is 10.2. The summed E-state index contributed by atoms with van der Waals surface area (Å²) in [5, 5.41) is 5.42. The zero-order chi connectivity index (χ0) is 19.2. The Morgan fingerprint density at radius 3 is 2.19 bits per heavy atom. The second-order valence-corrected chi connectivity index (χ2v) is 5.55. The number of para-hydroxylation sites is 2. The average Bonchev–Trinajstić information content (AvgIpc) is 3.18. The second kappa shape index (κ2) is 8.01. The highest BCUT2D eigenvalue weighted by Gasteiger charge is 2.14. The number of esters is 1. The van der Waals surface area contributed by atoms with Gasteiger partial charge in [0.05, 0.1) is 17.6 Å². The quantitative estimate of drug-likeness (QED) is 0.531. The number of ether oxygens (including phenoxy) is 1. The van der Waals surface area contributed by atoms with Crippen LogP contribution in [0, 0.1) is 0 Å². The molecule has 2 aromatic carbocycles. The van der Waals surface area contributed by atoms with Crippen molar-refractivity contribution in [2.24, 2.45) is 0 Å². The van der Waals surface area contributed by atoms with Crippen LogP contribution < -0.4 is 15.4 Å². The highest BCUT2D eigenvalue weighted by atomic mass is 16.5. The van der Waals surface area contributed by atoms with Crippen LogP contribution in [0.3, 0.4) is 0 Å². The van der Waals surface area contributed by atoms with Crippen molar-refractivity contribution in [1.29, 1.82) is 0 Å². The van der Waals surface area contributed by atoms with E-state index in [1.807, 2.05) is 0 Å². The van der Waals surface area contributed by atoms with Crippen LogP contribution in [-0.2, 0) is 4.79 Å². The fourth-order valence-corrected chi connectivity index (χ4v) is 2.35. The van der Waals surface area contributed by atoms with E-state index in [4.69, 9.17) is 9.15 Å². The van der Waals surface area contributed by atoms with Gasteiger partial charge in [0.1, 0.15) is 5.75 Å². The van der Waals surface area contributed by atoms with Gasteiger partial charge in [-0.3, -0.25) is 14.4 Å². The van der Waals surface area contributed by atoms with Gasteiger partial charge in [-0.1, -0.05) is 18.2 Å². The van der Waals surface area contributed by atoms with Crippen molar-refractivity contribution >= 4 is 29.2 Å². The highest BCUT2D eigenvalue weighted by Crippen LogP contribution is 2.23. The van der Waals surface area contributed by atoms with Gasteiger partial charge in [0.2, 0.25) is 0 Å². The minimum Gasteiger partial charge on any atom is -0.459 e. The Morgan fingerprint density at radius 1 is 0.852 bits per heavy atom. The van der Waals surface area contributed by atoms with E-state index in [-0.39, 0.29) is 11.5 Å². The molecule has 3 rings (SSSR count). The standard InChI is InChI=1S/C20H16N2O5/c1-13(23)27-15-7-4-6-14(12-15)19(24)21-16-8-2-3-9-17(16)22-20(25)18-10-5-11-26-18/h2-12H,1H3,(H,21,24)(H,22,25). The molecular formula is C20H16N2O5. The molecule has 0 atom stereocenters. The molecule has 0 fully saturated rings. The van der Waals surface area contributed by atoms with Gasteiger partial charge in [-0.25, -0.2) is 0 Å². The number of carbonyl (C=O) groups excluding carboxylic acids is 3. The Morgan fingerprint density at radius 2 is 1.56 bits per heavy atom. The lowest BCUT2D eigenvalue weighted by Crippen LogP contribution is -2.16. The molecule has 7 heteroatoms. The molecule has 0 bridgehead atoms. The largest absolute Gasteiger partial charge is 0.459 e. The molecule has 7 nitrogen and oxygen atoms in total. The molecule has 0 aliphatic rings. The third kappa shape index (κ3) is 4.60. The summed E-state index contributed by atoms with van der Waals surface area (Å²) in [5.74, 6) is -0.888. The smallest absolute Gasteiger partial charge is 0.308 e. The molecule has 0 spiro atoms. The molecule has 3 aromatic rings. The molecule has 0 radical (unpaired) electrons. The summed E-state index contributed by atoms with van der Waals surface area (Å²) in [5.41, 5.74) is 1.14. The van der Waals surface area contributed by atoms with Crippen molar-refractivity contribution in [1.82, 2.24) is 0 Å². The number of hydrogen-bond acceptors (Lipinski definition) is 5. The minimum absolute atomic E-state index is 0.158. The van der Waals surface area contributed by atoms with Crippen molar-refractivity contribution in [2.45, 2.75) is 6.92 Å². The maximum atomic E-state index is 12.5. The summed E-state index contributed by atoms with van der Waals surface area (Å²) < 4.78 is 10.0. The molecule has 136 valence electrons. The molecule has 0 saturated heterocycles. The van der Waals surface area contributed by atoms with Crippen molar-refractivity contribution in [2.75, 3.05) is 10.6 Å². The van der Waals surface area contributed by atoms with Gasteiger partial charge in [0, 0.05) is 12.5 Å². The van der Waals surface area contributed by atoms with E-state index in [0.29, 0.717) is 16.9 Å². The molecule has 1 heterocycles. The molecule has 0 saturated carbocycles. The first-order valence-corrected chi connectivity index (χ1v) is 8.06. The molecule has 0 aliphatic heterocycles. The van der Waals surface area contributed by atoms with Crippen LogP contribution in [-0.4, -0.2) is 17.8 Å². The number of benzene rings is 2. The fraction of sp³-hybridized carbons (Fsp3) is 0.0500. The zero-order valence-electron chi connectivity index (χ0n) is 14.4. The number of hydrogen-bond donors (Lipinski definition) is 2. The van der Waals surface area contributed by atoms with Gasteiger partial charge in [0.15, 0.2) is 5.76 Å². The molecule has 0 aliphatic carbocycles. The van der Waals surface area contributed by atoms with Gasteiger partial charge in [0.25, 0.3) is 11.8 Å². The maximum absolute atomic E-state index is 12.5. The molecule has 27 heavy (non-hydrogen) atoms. The Balaban J connectivity index is 1.77. The summed E-state index contributed by atoms with van der Waals surface area (Å²) in [7, 11) is 0. The second-order valence-electron chi connectivity index (χ2n) is 5.55. The van der Waals surface area contributed by atoms with E-state index in [2.05, 4.69) is 10.6 Å². The van der Waals surface area contributed by atoms with Crippen LogP contribution in [0.2, 0.25) is 0 Å². The third-order valence-corrected chi connectivity index (χ3v) is 3.53. The molecule has 0 unspecified atom stereocenters. The van der Waals surface area contributed by atoms with Crippen LogP contribution in [0.4, 0.5) is 11.4 Å². The lowest BCUT2D eigenvalue weighted by molar-refractivity contribution is -0.131. The lowest BCUT2D eigenvalue weighted by Gasteiger charge is -2.12. The Hall–Kier alpha value is -3.87. The average molecular weight is 364 g/mol. The van der Waals surface area contributed by atoms with Crippen LogP contribution >= 0.6 is 0 Å². The minimum atomic E-state index is -0.474. The van der Waals surface area contributed by atoms with Crippen molar-refractivity contribution < 1.29 is 23.5 Å². The van der Waals surface area contributed by atoms with E-state index in [9.17, 15) is 14.4 Å². The summed E-state index contributed by atoms with van der Waals surface area (Å²) >= 11 is 0. The van der Waals surface area contributed by atoms with Crippen molar-refractivity contribution in [3.63, 3.8) is 0 Å². The number of nitrogens with one attached hydrogen (secondary N) is 2. The van der Waals surface area contributed by atoms with Crippen molar-refractivity contribution in [3.8, 4) is 5.75 Å². The molecular weight excluding hydrogens is 348 g/mol. The van der Waals surface area contributed by atoms with Crippen LogP contribution in [0.1, 0.15) is 27.8 Å². The Labute approximate surface area is 154 Å². The number of carbonyl (C=O) groups is 3. The topological polar surface area (TPSA) is 97.6 Å². The van der Waals surface area contributed by atoms with E-state index in [1.54, 1.807) is 48.5 Å². The van der Waals surface area contributed by atoms with Gasteiger partial charge < -0.3 is 19.8 Å². The predicted molar refractivity (Wildman–Crippen MR) is 98.8 cm³/mol. The van der Waals surface area contributed by atoms with E-state index >= 15 is 0 Å².